The SMILES string of the molecule is Cc1cncc(CN2C(=O)Cc3ncc(-c4cc(F)c(F)c(F)c4)cc32)c1. The molecule has 1 aromatic carbocycles. The van der Waals surface area contributed by atoms with E-state index in [1.807, 2.05) is 13.0 Å². The normalized spacial score (nSPS) is 13.2. The summed E-state index contributed by atoms with van der Waals surface area (Å²) in [5, 5.41) is 0. The van der Waals surface area contributed by atoms with E-state index in [1.54, 1.807) is 23.4 Å². The molecular weight excluding hydrogens is 355 g/mol. The summed E-state index contributed by atoms with van der Waals surface area (Å²) in [5.74, 6) is -4.18. The summed E-state index contributed by atoms with van der Waals surface area (Å²) >= 11 is 0. The summed E-state index contributed by atoms with van der Waals surface area (Å²) in [6.45, 7) is 2.23. The van der Waals surface area contributed by atoms with Crippen molar-refractivity contribution in [3.8, 4) is 11.1 Å². The molecule has 0 spiro atoms. The first kappa shape index (κ1) is 17.2. The fourth-order valence-corrected chi connectivity index (χ4v) is 3.16. The molecule has 0 fully saturated rings. The third kappa shape index (κ3) is 3.16. The minimum Gasteiger partial charge on any atom is -0.306 e. The van der Waals surface area contributed by atoms with Gasteiger partial charge in [-0.3, -0.25) is 14.8 Å². The number of anilines is 1. The Kier molecular flexibility index (Phi) is 4.14. The second-order valence-electron chi connectivity index (χ2n) is 6.47. The lowest BCUT2D eigenvalue weighted by Gasteiger charge is -2.18. The zero-order valence-corrected chi connectivity index (χ0v) is 14.3. The first-order chi connectivity index (χ1) is 12.9. The van der Waals surface area contributed by atoms with Crippen molar-refractivity contribution in [2.24, 2.45) is 0 Å². The van der Waals surface area contributed by atoms with Gasteiger partial charge in [0.05, 0.1) is 24.3 Å². The van der Waals surface area contributed by atoms with Gasteiger partial charge in [-0.2, -0.15) is 0 Å². The summed E-state index contributed by atoms with van der Waals surface area (Å²) in [6.07, 6.45) is 4.98. The van der Waals surface area contributed by atoms with Crippen LogP contribution >= 0.6 is 0 Å². The Morgan fingerprint density at radius 1 is 1.00 bits per heavy atom. The van der Waals surface area contributed by atoms with Crippen molar-refractivity contribution in [3.63, 3.8) is 0 Å². The number of aryl methyl sites for hydroxylation is 1. The third-order valence-electron chi connectivity index (χ3n) is 4.45. The van der Waals surface area contributed by atoms with Crippen LogP contribution in [0.1, 0.15) is 16.8 Å². The predicted molar refractivity (Wildman–Crippen MR) is 93.4 cm³/mol. The Labute approximate surface area is 153 Å². The molecule has 0 aliphatic carbocycles. The molecule has 0 unspecified atom stereocenters. The average molecular weight is 369 g/mol. The zero-order valence-electron chi connectivity index (χ0n) is 14.3. The van der Waals surface area contributed by atoms with Crippen LogP contribution in [0.25, 0.3) is 11.1 Å². The number of pyridine rings is 2. The Hall–Kier alpha value is -3.22. The fourth-order valence-electron chi connectivity index (χ4n) is 3.16. The van der Waals surface area contributed by atoms with Crippen LogP contribution in [0, 0.1) is 24.4 Å². The average Bonchev–Trinajstić information content (AvgIpc) is 2.94. The van der Waals surface area contributed by atoms with Crippen LogP contribution in [0.4, 0.5) is 18.9 Å². The van der Waals surface area contributed by atoms with Crippen molar-refractivity contribution in [1.29, 1.82) is 0 Å². The molecule has 2 aromatic heterocycles. The van der Waals surface area contributed by atoms with Gasteiger partial charge in [-0.1, -0.05) is 6.07 Å². The Morgan fingerprint density at radius 3 is 2.44 bits per heavy atom. The van der Waals surface area contributed by atoms with Gasteiger partial charge in [0.15, 0.2) is 17.5 Å². The minimum atomic E-state index is -1.52. The molecule has 1 amide bonds. The Balaban J connectivity index is 1.73. The number of nitrogens with zero attached hydrogens (tertiary/aromatic N) is 3. The number of aromatic nitrogens is 2. The lowest BCUT2D eigenvalue weighted by molar-refractivity contribution is -0.117. The smallest absolute Gasteiger partial charge is 0.233 e. The number of hydrogen-bond donors (Lipinski definition) is 0. The molecule has 3 heterocycles. The van der Waals surface area contributed by atoms with Crippen LogP contribution in [0.5, 0.6) is 0 Å². The topological polar surface area (TPSA) is 46.1 Å². The first-order valence-electron chi connectivity index (χ1n) is 8.27. The van der Waals surface area contributed by atoms with Crippen molar-refractivity contribution < 1.29 is 18.0 Å². The largest absolute Gasteiger partial charge is 0.306 e. The summed E-state index contributed by atoms with van der Waals surface area (Å²) < 4.78 is 40.3. The maximum Gasteiger partial charge on any atom is 0.233 e. The standard InChI is InChI=1S/C20H14F3N3O/c1-11-2-12(8-24-7-11)10-26-18-5-14(9-25-17(18)6-19(26)27)13-3-15(21)20(23)16(22)4-13/h2-5,7-9H,6,10H2,1H3. The summed E-state index contributed by atoms with van der Waals surface area (Å²) in [7, 11) is 0. The van der Waals surface area contributed by atoms with Gasteiger partial charge in [-0.05, 0) is 41.8 Å². The molecule has 1 aliphatic rings. The quantitative estimate of drug-likeness (QED) is 0.657. The van der Waals surface area contributed by atoms with Crippen molar-refractivity contribution >= 4 is 11.6 Å². The highest BCUT2D eigenvalue weighted by Crippen LogP contribution is 2.33. The molecule has 0 bridgehead atoms. The molecular formula is C20H14F3N3O. The highest BCUT2D eigenvalue weighted by atomic mass is 19.2. The van der Waals surface area contributed by atoms with Crippen molar-refractivity contribution in [1.82, 2.24) is 9.97 Å². The molecule has 0 radical (unpaired) electrons. The summed E-state index contributed by atoms with van der Waals surface area (Å²) in [4.78, 5) is 22.4. The number of rotatable bonds is 3. The van der Waals surface area contributed by atoms with E-state index >= 15 is 0 Å². The molecule has 7 heteroatoms. The third-order valence-corrected chi connectivity index (χ3v) is 4.45. The Bertz CT molecular complexity index is 1050. The van der Waals surface area contributed by atoms with Gasteiger partial charge in [-0.25, -0.2) is 13.2 Å². The molecule has 4 nitrogen and oxygen atoms in total. The summed E-state index contributed by atoms with van der Waals surface area (Å²) in [5.41, 5.74) is 3.55. The van der Waals surface area contributed by atoms with Gasteiger partial charge in [0.25, 0.3) is 0 Å². The number of carbonyl (C=O) groups is 1. The predicted octanol–water partition coefficient (Wildman–Crippen LogP) is 3.96. The van der Waals surface area contributed by atoms with E-state index in [0.29, 0.717) is 23.5 Å². The number of amides is 1. The lowest BCUT2D eigenvalue weighted by Crippen LogP contribution is -2.26. The number of carbonyl (C=O) groups excluding carboxylic acids is 1. The van der Waals surface area contributed by atoms with Crippen molar-refractivity contribution in [3.05, 3.63) is 77.1 Å². The molecule has 1 aliphatic heterocycles. The van der Waals surface area contributed by atoms with E-state index in [9.17, 15) is 18.0 Å². The maximum atomic E-state index is 13.6. The van der Waals surface area contributed by atoms with E-state index in [2.05, 4.69) is 9.97 Å². The van der Waals surface area contributed by atoms with Gasteiger partial charge in [0.1, 0.15) is 0 Å². The second-order valence-corrected chi connectivity index (χ2v) is 6.47. The minimum absolute atomic E-state index is 0.118. The van der Waals surface area contributed by atoms with Crippen LogP contribution in [-0.4, -0.2) is 15.9 Å². The van der Waals surface area contributed by atoms with Gasteiger partial charge in [-0.15, -0.1) is 0 Å². The van der Waals surface area contributed by atoms with Gasteiger partial charge < -0.3 is 4.90 Å². The van der Waals surface area contributed by atoms with Crippen molar-refractivity contribution in [2.75, 3.05) is 4.90 Å². The second kappa shape index (κ2) is 6.50. The van der Waals surface area contributed by atoms with E-state index in [4.69, 9.17) is 0 Å². The first-order valence-corrected chi connectivity index (χ1v) is 8.27. The molecule has 136 valence electrons. The van der Waals surface area contributed by atoms with Crippen LogP contribution in [0.15, 0.2) is 42.9 Å². The van der Waals surface area contributed by atoms with Crippen molar-refractivity contribution in [2.45, 2.75) is 19.9 Å². The van der Waals surface area contributed by atoms with E-state index < -0.39 is 17.5 Å². The van der Waals surface area contributed by atoms with E-state index in [0.717, 1.165) is 23.3 Å². The van der Waals surface area contributed by atoms with Crippen LogP contribution in [0.3, 0.4) is 0 Å². The zero-order chi connectivity index (χ0) is 19.1. The molecule has 0 saturated carbocycles. The summed E-state index contributed by atoms with van der Waals surface area (Å²) in [6, 6.07) is 5.39. The molecule has 3 aromatic rings. The van der Waals surface area contributed by atoms with Gasteiger partial charge >= 0.3 is 0 Å². The molecule has 0 atom stereocenters. The number of benzene rings is 1. The molecule has 4 rings (SSSR count). The number of fused-ring (bicyclic) bond motifs is 1. The monoisotopic (exact) mass is 369 g/mol. The van der Waals surface area contributed by atoms with E-state index in [1.165, 1.54) is 6.20 Å². The van der Waals surface area contributed by atoms with Gasteiger partial charge in [0.2, 0.25) is 5.91 Å². The maximum absolute atomic E-state index is 13.6. The molecule has 27 heavy (non-hydrogen) atoms. The number of halogens is 3. The molecule has 0 N–H and O–H groups in total. The molecule has 0 saturated heterocycles. The van der Waals surface area contributed by atoms with Gasteiger partial charge in [0, 0.05) is 24.2 Å². The van der Waals surface area contributed by atoms with Crippen LogP contribution in [-0.2, 0) is 17.8 Å². The highest BCUT2D eigenvalue weighted by molar-refractivity contribution is 6.01. The van der Waals surface area contributed by atoms with Crippen LogP contribution in [0.2, 0.25) is 0 Å². The van der Waals surface area contributed by atoms with E-state index in [-0.39, 0.29) is 17.9 Å². The number of hydrogen-bond acceptors (Lipinski definition) is 3. The Morgan fingerprint density at radius 2 is 1.74 bits per heavy atom. The van der Waals surface area contributed by atoms with Crippen LogP contribution < -0.4 is 4.90 Å². The fraction of sp³-hybridized carbons (Fsp3) is 0.150. The lowest BCUT2D eigenvalue weighted by atomic mass is 10.1. The highest BCUT2D eigenvalue weighted by Gasteiger charge is 2.29.